The molecular weight excluding hydrogens is 348 g/mol. The molecule has 1 N–H and O–H groups in total. The van der Waals surface area contributed by atoms with E-state index in [0.717, 1.165) is 27.2 Å². The molecule has 1 aromatic carbocycles. The van der Waals surface area contributed by atoms with Gasteiger partial charge in [0.25, 0.3) is 0 Å². The topological polar surface area (TPSA) is 93.8 Å². The van der Waals surface area contributed by atoms with Crippen molar-refractivity contribution in [2.75, 3.05) is 5.43 Å². The van der Waals surface area contributed by atoms with E-state index in [1.165, 1.54) is 10.4 Å². The van der Waals surface area contributed by atoms with E-state index in [1.54, 1.807) is 28.7 Å². The van der Waals surface area contributed by atoms with E-state index in [4.69, 9.17) is 0 Å². The molecule has 0 unspecified atom stereocenters. The SMILES string of the molecule is C/C(=N\Nc1ncnc2sc(C)c(C)c12)c1cccc(-n2cnnn2)c1. The van der Waals surface area contributed by atoms with E-state index in [2.05, 4.69) is 49.9 Å². The van der Waals surface area contributed by atoms with Gasteiger partial charge in [-0.3, -0.25) is 5.43 Å². The molecule has 3 heterocycles. The van der Waals surface area contributed by atoms with Gasteiger partial charge in [0.05, 0.1) is 16.8 Å². The van der Waals surface area contributed by atoms with Gasteiger partial charge in [0.2, 0.25) is 0 Å². The summed E-state index contributed by atoms with van der Waals surface area (Å²) in [6.07, 6.45) is 3.12. The summed E-state index contributed by atoms with van der Waals surface area (Å²) in [5.41, 5.74) is 6.94. The van der Waals surface area contributed by atoms with Crippen LogP contribution in [0.3, 0.4) is 0 Å². The lowest BCUT2D eigenvalue weighted by Gasteiger charge is -2.06. The Morgan fingerprint density at radius 1 is 1.23 bits per heavy atom. The Morgan fingerprint density at radius 3 is 2.92 bits per heavy atom. The molecule has 0 amide bonds. The van der Waals surface area contributed by atoms with Crippen LogP contribution in [0.2, 0.25) is 0 Å². The minimum Gasteiger partial charge on any atom is -0.260 e. The predicted octanol–water partition coefficient (Wildman–Crippen LogP) is 3.12. The smallest absolute Gasteiger partial charge is 0.158 e. The number of hydrogen-bond donors (Lipinski definition) is 1. The van der Waals surface area contributed by atoms with E-state index in [-0.39, 0.29) is 0 Å². The lowest BCUT2D eigenvalue weighted by molar-refractivity contribution is 0.789. The highest BCUT2D eigenvalue weighted by Gasteiger charge is 2.11. The number of rotatable bonds is 4. The number of hydrazone groups is 1. The second-order valence-electron chi connectivity index (χ2n) is 5.80. The summed E-state index contributed by atoms with van der Waals surface area (Å²) in [5, 5.41) is 16.8. The third-order valence-electron chi connectivity index (χ3n) is 4.17. The fraction of sp³-hybridized carbons (Fsp3) is 0.176. The van der Waals surface area contributed by atoms with Crippen LogP contribution in [0.4, 0.5) is 5.82 Å². The molecule has 4 rings (SSSR count). The third kappa shape index (κ3) is 2.93. The van der Waals surface area contributed by atoms with Crippen molar-refractivity contribution in [3.05, 3.63) is 52.9 Å². The zero-order valence-electron chi connectivity index (χ0n) is 14.5. The van der Waals surface area contributed by atoms with E-state index in [0.29, 0.717) is 5.82 Å². The van der Waals surface area contributed by atoms with Crippen LogP contribution in [-0.4, -0.2) is 35.9 Å². The molecule has 9 heteroatoms. The molecule has 4 aromatic rings. The number of thiophene rings is 1. The lowest BCUT2D eigenvalue weighted by Crippen LogP contribution is -2.03. The van der Waals surface area contributed by atoms with Crippen molar-refractivity contribution >= 4 is 33.1 Å². The summed E-state index contributed by atoms with van der Waals surface area (Å²) in [6, 6.07) is 7.85. The van der Waals surface area contributed by atoms with Crippen molar-refractivity contribution in [1.29, 1.82) is 0 Å². The van der Waals surface area contributed by atoms with Gasteiger partial charge in [0.15, 0.2) is 5.82 Å². The second-order valence-corrected chi connectivity index (χ2v) is 7.00. The van der Waals surface area contributed by atoms with Crippen molar-refractivity contribution in [3.8, 4) is 5.69 Å². The Hall–Kier alpha value is -3.20. The first-order chi connectivity index (χ1) is 12.6. The molecule has 8 nitrogen and oxygen atoms in total. The molecule has 0 atom stereocenters. The molecule has 130 valence electrons. The minimum atomic E-state index is 0.716. The maximum absolute atomic E-state index is 4.51. The van der Waals surface area contributed by atoms with E-state index >= 15 is 0 Å². The summed E-state index contributed by atoms with van der Waals surface area (Å²) in [5.74, 6) is 0.716. The summed E-state index contributed by atoms with van der Waals surface area (Å²) in [6.45, 7) is 6.11. The maximum Gasteiger partial charge on any atom is 0.158 e. The van der Waals surface area contributed by atoms with Crippen molar-refractivity contribution in [2.45, 2.75) is 20.8 Å². The zero-order valence-corrected chi connectivity index (χ0v) is 15.3. The number of aromatic nitrogens is 6. The Labute approximate surface area is 153 Å². The van der Waals surface area contributed by atoms with Crippen molar-refractivity contribution in [2.24, 2.45) is 5.10 Å². The first-order valence-corrected chi connectivity index (χ1v) is 8.80. The van der Waals surface area contributed by atoms with Gasteiger partial charge in [-0.25, -0.2) is 14.6 Å². The number of anilines is 1. The molecule has 0 saturated heterocycles. The highest BCUT2D eigenvalue weighted by atomic mass is 32.1. The molecule has 26 heavy (non-hydrogen) atoms. The van der Waals surface area contributed by atoms with Gasteiger partial charge in [0, 0.05) is 4.88 Å². The average molecular weight is 364 g/mol. The first-order valence-electron chi connectivity index (χ1n) is 7.98. The number of nitrogens with zero attached hydrogens (tertiary/aromatic N) is 7. The fourth-order valence-corrected chi connectivity index (χ4v) is 3.62. The number of aryl methyl sites for hydroxylation is 2. The summed E-state index contributed by atoms with van der Waals surface area (Å²) in [4.78, 5) is 10.9. The van der Waals surface area contributed by atoms with Gasteiger partial charge in [-0.15, -0.1) is 16.4 Å². The van der Waals surface area contributed by atoms with Crippen LogP contribution in [0.25, 0.3) is 15.9 Å². The van der Waals surface area contributed by atoms with Crippen LogP contribution in [0.5, 0.6) is 0 Å². The van der Waals surface area contributed by atoms with Gasteiger partial charge in [0.1, 0.15) is 17.5 Å². The molecule has 0 aliphatic rings. The molecule has 0 spiro atoms. The van der Waals surface area contributed by atoms with Gasteiger partial charge in [-0.2, -0.15) is 5.10 Å². The zero-order chi connectivity index (χ0) is 18.1. The summed E-state index contributed by atoms with van der Waals surface area (Å²) < 4.78 is 1.61. The molecule has 3 aromatic heterocycles. The van der Waals surface area contributed by atoms with Crippen LogP contribution < -0.4 is 5.43 Å². The molecule has 0 fully saturated rings. The second kappa shape index (κ2) is 6.60. The Kier molecular flexibility index (Phi) is 4.13. The third-order valence-corrected chi connectivity index (χ3v) is 5.29. The highest BCUT2D eigenvalue weighted by Crippen LogP contribution is 2.32. The molecular formula is C17H16N8S. The normalized spacial score (nSPS) is 11.9. The largest absolute Gasteiger partial charge is 0.260 e. The van der Waals surface area contributed by atoms with Crippen LogP contribution in [0.15, 0.2) is 42.0 Å². The van der Waals surface area contributed by atoms with E-state index in [9.17, 15) is 0 Å². The first kappa shape index (κ1) is 16.3. The fourth-order valence-electron chi connectivity index (χ4n) is 2.62. The Balaban J connectivity index is 1.65. The Bertz CT molecular complexity index is 1100. The van der Waals surface area contributed by atoms with Gasteiger partial charge < -0.3 is 0 Å². The van der Waals surface area contributed by atoms with Crippen LogP contribution in [-0.2, 0) is 0 Å². The molecule has 0 aliphatic heterocycles. The molecule has 0 bridgehead atoms. The number of tetrazole rings is 1. The van der Waals surface area contributed by atoms with Crippen LogP contribution in [0, 0.1) is 13.8 Å². The quantitative estimate of drug-likeness (QED) is 0.442. The number of benzene rings is 1. The van der Waals surface area contributed by atoms with Crippen molar-refractivity contribution in [1.82, 2.24) is 30.2 Å². The summed E-state index contributed by atoms with van der Waals surface area (Å²) in [7, 11) is 0. The maximum atomic E-state index is 4.51. The van der Waals surface area contributed by atoms with Crippen molar-refractivity contribution < 1.29 is 0 Å². The van der Waals surface area contributed by atoms with Crippen molar-refractivity contribution in [3.63, 3.8) is 0 Å². The molecule has 0 radical (unpaired) electrons. The van der Waals surface area contributed by atoms with E-state index < -0.39 is 0 Å². The van der Waals surface area contributed by atoms with Crippen LogP contribution >= 0.6 is 11.3 Å². The molecule has 0 saturated carbocycles. The highest BCUT2D eigenvalue weighted by molar-refractivity contribution is 7.18. The number of fused-ring (bicyclic) bond motifs is 1. The molecule has 0 aliphatic carbocycles. The van der Waals surface area contributed by atoms with Crippen LogP contribution in [0.1, 0.15) is 22.9 Å². The monoisotopic (exact) mass is 364 g/mol. The van der Waals surface area contributed by atoms with Gasteiger partial charge >= 0.3 is 0 Å². The van der Waals surface area contributed by atoms with Gasteiger partial charge in [-0.1, -0.05) is 12.1 Å². The number of hydrogen-bond acceptors (Lipinski definition) is 8. The average Bonchev–Trinajstić information content (AvgIpc) is 3.29. The Morgan fingerprint density at radius 2 is 2.12 bits per heavy atom. The van der Waals surface area contributed by atoms with E-state index in [1.807, 2.05) is 31.2 Å². The predicted molar refractivity (Wildman–Crippen MR) is 102 cm³/mol. The van der Waals surface area contributed by atoms with Gasteiger partial charge in [-0.05, 0) is 54.5 Å². The standard InChI is InChI=1S/C17H16N8S/c1-10-12(3)26-17-15(10)16(18-8-19-17)22-21-11(2)13-5-4-6-14(7-13)25-9-20-23-24-25/h4-9H,1-3H3,(H,18,19,22)/b21-11+. The number of nitrogens with one attached hydrogen (secondary N) is 1. The minimum absolute atomic E-state index is 0.716. The lowest BCUT2D eigenvalue weighted by atomic mass is 10.1. The summed E-state index contributed by atoms with van der Waals surface area (Å²) >= 11 is 1.66.